The molecule has 0 unspecified atom stereocenters. The first-order valence-corrected chi connectivity index (χ1v) is 5.56. The van der Waals surface area contributed by atoms with Crippen molar-refractivity contribution < 1.29 is 4.92 Å². The van der Waals surface area contributed by atoms with E-state index in [1.807, 2.05) is 12.1 Å². The molecule has 2 aromatic heterocycles. The van der Waals surface area contributed by atoms with Crippen LogP contribution in [0.15, 0.2) is 30.9 Å². The molecule has 98 valence electrons. The molecule has 0 saturated heterocycles. The Kier molecular flexibility index (Phi) is 3.81. The van der Waals surface area contributed by atoms with Crippen LogP contribution in [-0.4, -0.2) is 26.4 Å². The summed E-state index contributed by atoms with van der Waals surface area (Å²) in [4.78, 5) is 21.6. The third kappa shape index (κ3) is 3.12. The van der Waals surface area contributed by atoms with Gasteiger partial charge in [0.2, 0.25) is 11.6 Å². The van der Waals surface area contributed by atoms with Crippen LogP contribution in [0, 0.1) is 10.1 Å². The molecule has 0 amide bonds. The molecular weight excluding hydrogens is 248 g/mol. The van der Waals surface area contributed by atoms with E-state index in [2.05, 4.69) is 20.3 Å². The van der Waals surface area contributed by atoms with Crippen molar-refractivity contribution in [3.05, 3.63) is 46.5 Å². The SMILES string of the molecule is Nc1ncnc(NCCc2ccncc2)c1[N+](=O)[O-]. The Bertz CT molecular complexity index is 575. The summed E-state index contributed by atoms with van der Waals surface area (Å²) in [6.45, 7) is 0.501. The van der Waals surface area contributed by atoms with E-state index in [0.717, 1.165) is 5.56 Å². The number of aromatic nitrogens is 3. The minimum atomic E-state index is -0.593. The fraction of sp³-hybridized carbons (Fsp3) is 0.182. The monoisotopic (exact) mass is 260 g/mol. The highest BCUT2D eigenvalue weighted by atomic mass is 16.6. The van der Waals surface area contributed by atoms with Crippen molar-refractivity contribution in [2.75, 3.05) is 17.6 Å². The third-order valence-corrected chi connectivity index (χ3v) is 2.49. The molecule has 0 saturated carbocycles. The molecule has 0 fully saturated rings. The van der Waals surface area contributed by atoms with Crippen LogP contribution in [0.5, 0.6) is 0 Å². The lowest BCUT2D eigenvalue weighted by atomic mass is 10.2. The second-order valence-corrected chi connectivity index (χ2v) is 3.75. The van der Waals surface area contributed by atoms with Crippen LogP contribution < -0.4 is 11.1 Å². The summed E-state index contributed by atoms with van der Waals surface area (Å²) in [5.74, 6) is -0.0158. The second-order valence-electron chi connectivity index (χ2n) is 3.75. The van der Waals surface area contributed by atoms with Gasteiger partial charge in [0.05, 0.1) is 4.92 Å². The number of nitrogens with zero attached hydrogens (tertiary/aromatic N) is 4. The van der Waals surface area contributed by atoms with E-state index < -0.39 is 4.92 Å². The van der Waals surface area contributed by atoms with Gasteiger partial charge in [-0.2, -0.15) is 0 Å². The van der Waals surface area contributed by atoms with Gasteiger partial charge in [0, 0.05) is 18.9 Å². The fourth-order valence-electron chi connectivity index (χ4n) is 1.58. The molecule has 0 atom stereocenters. The van der Waals surface area contributed by atoms with Gasteiger partial charge < -0.3 is 11.1 Å². The lowest BCUT2D eigenvalue weighted by molar-refractivity contribution is -0.383. The Balaban J connectivity index is 2.04. The number of nitrogen functional groups attached to an aromatic ring is 1. The number of nitro groups is 1. The highest BCUT2D eigenvalue weighted by Crippen LogP contribution is 2.25. The standard InChI is InChI=1S/C11H12N6O2/c12-10-9(17(18)19)11(16-7-15-10)14-6-3-8-1-4-13-5-2-8/h1-2,4-5,7H,3,6H2,(H3,12,14,15,16). The highest BCUT2D eigenvalue weighted by molar-refractivity contribution is 5.67. The summed E-state index contributed by atoms with van der Waals surface area (Å²) in [6, 6.07) is 3.76. The predicted molar refractivity (Wildman–Crippen MR) is 69.5 cm³/mol. The molecule has 0 radical (unpaired) electrons. The zero-order valence-electron chi connectivity index (χ0n) is 9.98. The maximum Gasteiger partial charge on any atom is 0.352 e. The maximum atomic E-state index is 10.9. The molecule has 0 aliphatic carbocycles. The van der Waals surface area contributed by atoms with Crippen molar-refractivity contribution in [1.82, 2.24) is 15.0 Å². The van der Waals surface area contributed by atoms with Crippen LogP contribution in [0.2, 0.25) is 0 Å². The minimum Gasteiger partial charge on any atom is -0.378 e. The maximum absolute atomic E-state index is 10.9. The average Bonchev–Trinajstić information content (AvgIpc) is 2.39. The summed E-state index contributed by atoms with van der Waals surface area (Å²) in [6.07, 6.45) is 5.28. The van der Waals surface area contributed by atoms with Gasteiger partial charge in [-0.05, 0) is 24.1 Å². The second kappa shape index (κ2) is 5.71. The molecule has 2 aromatic rings. The highest BCUT2D eigenvalue weighted by Gasteiger charge is 2.20. The summed E-state index contributed by atoms with van der Waals surface area (Å²) >= 11 is 0. The number of nitrogens with two attached hydrogens (primary N) is 1. The summed E-state index contributed by atoms with van der Waals surface area (Å²) in [5.41, 5.74) is 6.25. The smallest absolute Gasteiger partial charge is 0.352 e. The van der Waals surface area contributed by atoms with Gasteiger partial charge in [-0.15, -0.1) is 0 Å². The first-order chi connectivity index (χ1) is 9.18. The largest absolute Gasteiger partial charge is 0.378 e. The molecule has 2 heterocycles. The first kappa shape index (κ1) is 12.7. The Morgan fingerprint density at radius 2 is 2.05 bits per heavy atom. The quantitative estimate of drug-likeness (QED) is 0.608. The summed E-state index contributed by atoms with van der Waals surface area (Å²) in [7, 11) is 0. The van der Waals surface area contributed by atoms with Crippen molar-refractivity contribution in [3.63, 3.8) is 0 Å². The van der Waals surface area contributed by atoms with Crippen molar-refractivity contribution >= 4 is 17.3 Å². The zero-order valence-corrected chi connectivity index (χ0v) is 9.98. The number of anilines is 2. The van der Waals surface area contributed by atoms with Gasteiger partial charge in [0.1, 0.15) is 6.33 Å². The van der Waals surface area contributed by atoms with Crippen LogP contribution in [0.25, 0.3) is 0 Å². The van der Waals surface area contributed by atoms with Crippen molar-refractivity contribution in [2.45, 2.75) is 6.42 Å². The lowest BCUT2D eigenvalue weighted by Gasteiger charge is -2.06. The lowest BCUT2D eigenvalue weighted by Crippen LogP contribution is -2.10. The number of hydrogen-bond acceptors (Lipinski definition) is 7. The van der Waals surface area contributed by atoms with Gasteiger partial charge >= 0.3 is 5.69 Å². The number of rotatable bonds is 5. The first-order valence-electron chi connectivity index (χ1n) is 5.56. The zero-order chi connectivity index (χ0) is 13.7. The van der Waals surface area contributed by atoms with Gasteiger partial charge in [-0.1, -0.05) is 0 Å². The van der Waals surface area contributed by atoms with Crippen LogP contribution in [-0.2, 0) is 6.42 Å². The molecular formula is C11H12N6O2. The third-order valence-electron chi connectivity index (χ3n) is 2.49. The van der Waals surface area contributed by atoms with Crippen molar-refractivity contribution in [2.24, 2.45) is 0 Å². The molecule has 0 spiro atoms. The van der Waals surface area contributed by atoms with Gasteiger partial charge in [-0.25, -0.2) is 9.97 Å². The molecule has 0 aromatic carbocycles. The van der Waals surface area contributed by atoms with Gasteiger partial charge in [0.15, 0.2) is 0 Å². The average molecular weight is 260 g/mol. The van der Waals surface area contributed by atoms with Gasteiger partial charge in [-0.3, -0.25) is 15.1 Å². The Morgan fingerprint density at radius 3 is 2.74 bits per heavy atom. The fourth-order valence-corrected chi connectivity index (χ4v) is 1.58. The minimum absolute atomic E-state index is 0.131. The van der Waals surface area contributed by atoms with Crippen LogP contribution >= 0.6 is 0 Å². The molecule has 8 nitrogen and oxygen atoms in total. The van der Waals surface area contributed by atoms with E-state index in [-0.39, 0.29) is 17.3 Å². The molecule has 0 aliphatic heterocycles. The summed E-state index contributed by atoms with van der Waals surface area (Å²) < 4.78 is 0. The Morgan fingerprint density at radius 1 is 1.32 bits per heavy atom. The molecule has 0 aliphatic rings. The topological polar surface area (TPSA) is 120 Å². The molecule has 3 N–H and O–H groups in total. The Labute approximate surface area is 108 Å². The van der Waals surface area contributed by atoms with E-state index >= 15 is 0 Å². The van der Waals surface area contributed by atoms with Gasteiger partial charge in [0.25, 0.3) is 0 Å². The predicted octanol–water partition coefficient (Wildman–Crippen LogP) is 1.02. The molecule has 8 heteroatoms. The number of nitrogens with one attached hydrogen (secondary N) is 1. The van der Waals surface area contributed by atoms with Crippen LogP contribution in [0.3, 0.4) is 0 Å². The van der Waals surface area contributed by atoms with Crippen LogP contribution in [0.4, 0.5) is 17.3 Å². The molecule has 2 rings (SSSR count). The number of pyridine rings is 1. The van der Waals surface area contributed by atoms with E-state index in [4.69, 9.17) is 5.73 Å². The van der Waals surface area contributed by atoms with E-state index in [1.54, 1.807) is 12.4 Å². The number of hydrogen-bond donors (Lipinski definition) is 2. The van der Waals surface area contributed by atoms with E-state index in [1.165, 1.54) is 6.33 Å². The summed E-state index contributed by atoms with van der Waals surface area (Å²) in [5, 5.41) is 13.8. The molecule has 0 bridgehead atoms. The van der Waals surface area contributed by atoms with E-state index in [0.29, 0.717) is 13.0 Å². The van der Waals surface area contributed by atoms with Crippen molar-refractivity contribution in [3.8, 4) is 0 Å². The normalized spacial score (nSPS) is 10.1. The van der Waals surface area contributed by atoms with Crippen molar-refractivity contribution in [1.29, 1.82) is 0 Å². The van der Waals surface area contributed by atoms with E-state index in [9.17, 15) is 10.1 Å². The Hall–Kier alpha value is -2.77. The molecule has 19 heavy (non-hydrogen) atoms. The van der Waals surface area contributed by atoms with Crippen LogP contribution in [0.1, 0.15) is 5.56 Å².